The average molecular weight is 325 g/mol. The van der Waals surface area contributed by atoms with Gasteiger partial charge in [0.25, 0.3) is 5.56 Å². The Morgan fingerprint density at radius 2 is 1.68 bits per heavy atom. The molecule has 0 saturated carbocycles. The third-order valence-electron chi connectivity index (χ3n) is 3.32. The van der Waals surface area contributed by atoms with E-state index >= 15 is 0 Å². The SMILES string of the molecule is COC(=O)c1c(C(=O)OC)n(C)c2nc(SC)n(C)c(=O)c12. The molecule has 8 nitrogen and oxygen atoms in total. The van der Waals surface area contributed by atoms with Crippen molar-refractivity contribution in [3.05, 3.63) is 21.6 Å². The van der Waals surface area contributed by atoms with Crippen LogP contribution in [-0.2, 0) is 23.6 Å². The van der Waals surface area contributed by atoms with Crippen molar-refractivity contribution in [1.29, 1.82) is 0 Å². The molecule has 22 heavy (non-hydrogen) atoms. The number of hydrogen-bond donors (Lipinski definition) is 0. The molecule has 0 unspecified atom stereocenters. The Morgan fingerprint density at radius 3 is 2.18 bits per heavy atom. The van der Waals surface area contributed by atoms with Crippen molar-refractivity contribution in [2.45, 2.75) is 5.16 Å². The number of thioether (sulfide) groups is 1. The topological polar surface area (TPSA) is 92.4 Å². The maximum Gasteiger partial charge on any atom is 0.355 e. The standard InChI is InChI=1S/C13H15N3O5S/c1-15-8(12(19)21-4)6(11(18)20-3)7-9(15)14-13(22-5)16(2)10(7)17/h1-5H3. The fourth-order valence-electron chi connectivity index (χ4n) is 2.24. The molecule has 2 heterocycles. The van der Waals surface area contributed by atoms with Crippen LogP contribution in [0.4, 0.5) is 0 Å². The van der Waals surface area contributed by atoms with Crippen molar-refractivity contribution in [3.63, 3.8) is 0 Å². The van der Waals surface area contributed by atoms with Crippen LogP contribution in [0.2, 0.25) is 0 Å². The first-order valence-corrected chi connectivity index (χ1v) is 7.41. The molecule has 0 radical (unpaired) electrons. The molecule has 118 valence electrons. The molecule has 2 aromatic rings. The van der Waals surface area contributed by atoms with Crippen LogP contribution in [0.5, 0.6) is 0 Å². The van der Waals surface area contributed by atoms with Gasteiger partial charge in [-0.15, -0.1) is 0 Å². The van der Waals surface area contributed by atoms with E-state index in [1.807, 2.05) is 0 Å². The van der Waals surface area contributed by atoms with Gasteiger partial charge in [0.1, 0.15) is 16.9 Å². The second kappa shape index (κ2) is 5.84. The summed E-state index contributed by atoms with van der Waals surface area (Å²) >= 11 is 1.28. The monoisotopic (exact) mass is 325 g/mol. The molecule has 0 atom stereocenters. The third kappa shape index (κ3) is 2.17. The zero-order chi connectivity index (χ0) is 16.6. The Morgan fingerprint density at radius 1 is 1.09 bits per heavy atom. The van der Waals surface area contributed by atoms with E-state index in [-0.39, 0.29) is 22.3 Å². The van der Waals surface area contributed by atoms with E-state index in [0.717, 1.165) is 0 Å². The summed E-state index contributed by atoms with van der Waals surface area (Å²) in [6.45, 7) is 0. The van der Waals surface area contributed by atoms with Gasteiger partial charge in [-0.25, -0.2) is 14.6 Å². The fourth-order valence-corrected chi connectivity index (χ4v) is 2.78. The molecule has 0 fully saturated rings. The highest BCUT2D eigenvalue weighted by Crippen LogP contribution is 2.24. The molecular formula is C13H15N3O5S. The summed E-state index contributed by atoms with van der Waals surface area (Å²) < 4.78 is 12.1. The second-order valence-corrected chi connectivity index (χ2v) is 5.20. The van der Waals surface area contributed by atoms with Crippen molar-refractivity contribution in [2.24, 2.45) is 14.1 Å². The van der Waals surface area contributed by atoms with Gasteiger partial charge in [-0.1, -0.05) is 11.8 Å². The number of esters is 2. The van der Waals surface area contributed by atoms with Gasteiger partial charge in [-0.3, -0.25) is 9.36 Å². The van der Waals surface area contributed by atoms with Crippen LogP contribution < -0.4 is 5.56 Å². The highest BCUT2D eigenvalue weighted by molar-refractivity contribution is 7.98. The number of hydrogen-bond acceptors (Lipinski definition) is 7. The Kier molecular flexibility index (Phi) is 4.27. The minimum absolute atomic E-state index is 0.0371. The Balaban J connectivity index is 3.06. The summed E-state index contributed by atoms with van der Waals surface area (Å²) in [6.07, 6.45) is 1.78. The van der Waals surface area contributed by atoms with E-state index in [2.05, 4.69) is 4.98 Å². The lowest BCUT2D eigenvalue weighted by atomic mass is 10.2. The van der Waals surface area contributed by atoms with E-state index in [4.69, 9.17) is 9.47 Å². The highest BCUT2D eigenvalue weighted by Gasteiger charge is 2.30. The number of methoxy groups -OCH3 is 2. The van der Waals surface area contributed by atoms with Crippen molar-refractivity contribution in [2.75, 3.05) is 20.5 Å². The molecule has 0 aliphatic heterocycles. The summed E-state index contributed by atoms with van der Waals surface area (Å²) in [6, 6.07) is 0. The maximum atomic E-state index is 12.6. The van der Waals surface area contributed by atoms with Crippen LogP contribution in [0.3, 0.4) is 0 Å². The van der Waals surface area contributed by atoms with Crippen LogP contribution >= 0.6 is 11.8 Å². The third-order valence-corrected chi connectivity index (χ3v) is 4.05. The zero-order valence-corrected chi connectivity index (χ0v) is 13.6. The predicted molar refractivity (Wildman–Crippen MR) is 80.4 cm³/mol. The molecule has 0 aliphatic rings. The maximum absolute atomic E-state index is 12.6. The fraction of sp³-hybridized carbons (Fsp3) is 0.385. The van der Waals surface area contributed by atoms with E-state index in [1.165, 1.54) is 42.2 Å². The van der Waals surface area contributed by atoms with Gasteiger partial charge in [0, 0.05) is 14.1 Å². The smallest absolute Gasteiger partial charge is 0.355 e. The van der Waals surface area contributed by atoms with E-state index < -0.39 is 17.5 Å². The summed E-state index contributed by atoms with van der Waals surface area (Å²) in [4.78, 5) is 41.0. The van der Waals surface area contributed by atoms with Crippen LogP contribution in [0.25, 0.3) is 11.0 Å². The lowest BCUT2D eigenvalue weighted by molar-refractivity contribution is 0.0549. The van der Waals surface area contributed by atoms with E-state index in [9.17, 15) is 14.4 Å². The summed E-state index contributed by atoms with van der Waals surface area (Å²) in [5.41, 5.74) is -0.395. The number of carbonyl (C=O) groups excluding carboxylic acids is 2. The Labute approximate surface area is 130 Å². The Hall–Kier alpha value is -2.29. The number of aromatic nitrogens is 3. The molecule has 0 bridgehead atoms. The number of carbonyl (C=O) groups is 2. The van der Waals surface area contributed by atoms with Gasteiger partial charge in [0.2, 0.25) is 0 Å². The lowest BCUT2D eigenvalue weighted by Crippen LogP contribution is -2.21. The summed E-state index contributed by atoms with van der Waals surface area (Å²) in [5.74, 6) is -1.53. The average Bonchev–Trinajstić information content (AvgIpc) is 2.82. The first-order chi connectivity index (χ1) is 10.4. The molecule has 0 aliphatic carbocycles. The van der Waals surface area contributed by atoms with Gasteiger partial charge in [-0.2, -0.15) is 0 Å². The Bertz CT molecular complexity index is 837. The number of rotatable bonds is 3. The largest absolute Gasteiger partial charge is 0.465 e. The van der Waals surface area contributed by atoms with Crippen LogP contribution in [0, 0.1) is 0 Å². The molecule has 0 aromatic carbocycles. The molecule has 0 N–H and O–H groups in total. The second-order valence-electron chi connectivity index (χ2n) is 4.43. The summed E-state index contributed by atoms with van der Waals surface area (Å²) in [7, 11) is 5.46. The van der Waals surface area contributed by atoms with Crippen molar-refractivity contribution in [3.8, 4) is 0 Å². The predicted octanol–water partition coefficient (Wildman–Crippen LogP) is 0.567. The van der Waals surface area contributed by atoms with Gasteiger partial charge < -0.3 is 14.0 Å². The van der Waals surface area contributed by atoms with E-state index in [1.54, 1.807) is 13.3 Å². The minimum Gasteiger partial charge on any atom is -0.465 e. The van der Waals surface area contributed by atoms with E-state index in [0.29, 0.717) is 5.16 Å². The normalized spacial score (nSPS) is 10.8. The molecule has 9 heteroatoms. The number of ether oxygens (including phenoxy) is 2. The molecule has 0 saturated heterocycles. The first kappa shape index (κ1) is 16.1. The van der Waals surface area contributed by atoms with Gasteiger partial charge in [0.15, 0.2) is 5.16 Å². The molecule has 2 aromatic heterocycles. The quantitative estimate of drug-likeness (QED) is 0.462. The van der Waals surface area contributed by atoms with Crippen molar-refractivity contribution < 1.29 is 19.1 Å². The molecular weight excluding hydrogens is 310 g/mol. The van der Waals surface area contributed by atoms with Gasteiger partial charge in [-0.05, 0) is 6.26 Å². The number of aryl methyl sites for hydroxylation is 1. The van der Waals surface area contributed by atoms with Crippen molar-refractivity contribution in [1.82, 2.24) is 14.1 Å². The van der Waals surface area contributed by atoms with Crippen LogP contribution in [0.1, 0.15) is 20.8 Å². The van der Waals surface area contributed by atoms with Crippen LogP contribution in [-0.4, -0.2) is 46.5 Å². The highest BCUT2D eigenvalue weighted by atomic mass is 32.2. The molecule has 0 amide bonds. The minimum atomic E-state index is -0.790. The van der Waals surface area contributed by atoms with Crippen molar-refractivity contribution >= 4 is 34.7 Å². The summed E-state index contributed by atoms with van der Waals surface area (Å²) in [5, 5.41) is 0.501. The molecule has 0 spiro atoms. The van der Waals surface area contributed by atoms with Crippen LogP contribution in [0.15, 0.2) is 9.95 Å². The number of fused-ring (bicyclic) bond motifs is 1. The lowest BCUT2D eigenvalue weighted by Gasteiger charge is -2.05. The number of nitrogens with zero attached hydrogens (tertiary/aromatic N) is 3. The molecule has 2 rings (SSSR count). The zero-order valence-electron chi connectivity index (χ0n) is 12.8. The van der Waals surface area contributed by atoms with Gasteiger partial charge >= 0.3 is 11.9 Å². The van der Waals surface area contributed by atoms with Gasteiger partial charge in [0.05, 0.1) is 19.6 Å². The first-order valence-electron chi connectivity index (χ1n) is 6.19.